The highest BCUT2D eigenvalue weighted by atomic mass is 16.5. The van der Waals surface area contributed by atoms with Gasteiger partial charge in [-0.3, -0.25) is 4.79 Å². The molecule has 3 aromatic rings. The van der Waals surface area contributed by atoms with Gasteiger partial charge >= 0.3 is 0 Å². The number of piperidine rings is 2. The SMILES string of the molecule is COc1cc(C=C2CC(c3ccccc3)C3CC(O)CCN3C2=O)ccc1-n1cnc(C)c1. The van der Waals surface area contributed by atoms with Gasteiger partial charge in [0.2, 0.25) is 5.91 Å². The summed E-state index contributed by atoms with van der Waals surface area (Å²) >= 11 is 0. The minimum absolute atomic E-state index is 0.0298. The van der Waals surface area contributed by atoms with Gasteiger partial charge in [0.15, 0.2) is 0 Å². The number of carbonyl (C=O) groups is 1. The van der Waals surface area contributed by atoms with Gasteiger partial charge in [0, 0.05) is 30.3 Å². The van der Waals surface area contributed by atoms with E-state index >= 15 is 0 Å². The Bertz CT molecular complexity index is 1180. The molecule has 2 saturated heterocycles. The summed E-state index contributed by atoms with van der Waals surface area (Å²) in [6.45, 7) is 2.54. The number of aryl methyl sites for hydroxylation is 1. The van der Waals surface area contributed by atoms with Crippen LogP contribution in [-0.2, 0) is 4.79 Å². The summed E-state index contributed by atoms with van der Waals surface area (Å²) in [5.74, 6) is 0.969. The highest BCUT2D eigenvalue weighted by Crippen LogP contribution is 2.41. The molecule has 2 aromatic carbocycles. The Morgan fingerprint density at radius 3 is 2.73 bits per heavy atom. The highest BCUT2D eigenvalue weighted by molar-refractivity contribution is 5.99. The lowest BCUT2D eigenvalue weighted by atomic mass is 9.76. The Morgan fingerprint density at radius 2 is 2.00 bits per heavy atom. The van der Waals surface area contributed by atoms with Crippen LogP contribution < -0.4 is 4.74 Å². The standard InChI is InChI=1S/C27H29N3O3/c1-18-16-29(17-28-18)24-9-8-19(13-26(24)33-2)12-21-14-23(20-6-4-3-5-7-20)25-15-22(31)10-11-30(25)27(21)32/h3-9,12-13,16-17,22-23,25,31H,10-11,14-15H2,1-2H3. The number of aliphatic hydroxyl groups excluding tert-OH is 1. The number of imidazole rings is 1. The molecule has 2 aliphatic heterocycles. The minimum atomic E-state index is -0.348. The van der Waals surface area contributed by atoms with Gasteiger partial charge in [0.1, 0.15) is 5.75 Å². The third-order valence-electron chi connectivity index (χ3n) is 6.82. The van der Waals surface area contributed by atoms with Gasteiger partial charge < -0.3 is 19.3 Å². The third kappa shape index (κ3) is 4.18. The van der Waals surface area contributed by atoms with Crippen molar-refractivity contribution in [1.82, 2.24) is 14.5 Å². The molecule has 0 saturated carbocycles. The number of carbonyl (C=O) groups excluding carboxylic acids is 1. The van der Waals surface area contributed by atoms with E-state index in [1.165, 1.54) is 5.56 Å². The Balaban J connectivity index is 1.50. The number of benzene rings is 2. The Labute approximate surface area is 194 Å². The van der Waals surface area contributed by atoms with Crippen molar-refractivity contribution >= 4 is 12.0 Å². The predicted octanol–water partition coefficient (Wildman–Crippen LogP) is 4.11. The number of methoxy groups -OCH3 is 1. The van der Waals surface area contributed by atoms with E-state index in [4.69, 9.17) is 4.74 Å². The zero-order valence-electron chi connectivity index (χ0n) is 19.0. The van der Waals surface area contributed by atoms with Crippen molar-refractivity contribution in [1.29, 1.82) is 0 Å². The zero-order valence-corrected chi connectivity index (χ0v) is 19.0. The number of rotatable bonds is 4. The van der Waals surface area contributed by atoms with Gasteiger partial charge in [-0.15, -0.1) is 0 Å². The lowest BCUT2D eigenvalue weighted by molar-refractivity contribution is -0.135. The van der Waals surface area contributed by atoms with E-state index in [0.29, 0.717) is 25.8 Å². The molecule has 5 rings (SSSR count). The van der Waals surface area contributed by atoms with Crippen molar-refractivity contribution in [2.24, 2.45) is 0 Å². The number of nitrogens with zero attached hydrogens (tertiary/aromatic N) is 3. The Hall–Kier alpha value is -3.38. The smallest absolute Gasteiger partial charge is 0.250 e. The van der Waals surface area contributed by atoms with Crippen LogP contribution in [0.15, 0.2) is 66.6 Å². The number of fused-ring (bicyclic) bond motifs is 1. The summed E-state index contributed by atoms with van der Waals surface area (Å²) in [6, 6.07) is 16.4. The average molecular weight is 444 g/mol. The van der Waals surface area contributed by atoms with Crippen LogP contribution in [0.4, 0.5) is 0 Å². The first kappa shape index (κ1) is 21.5. The lowest BCUT2D eigenvalue weighted by Gasteiger charge is -2.46. The van der Waals surface area contributed by atoms with Crippen LogP contribution in [0.5, 0.6) is 5.75 Å². The second-order valence-electron chi connectivity index (χ2n) is 8.99. The normalized spacial score (nSPS) is 24.1. The van der Waals surface area contributed by atoms with Crippen LogP contribution in [0.25, 0.3) is 11.8 Å². The van der Waals surface area contributed by atoms with Crippen molar-refractivity contribution in [3.05, 3.63) is 83.4 Å². The maximum Gasteiger partial charge on any atom is 0.250 e. The Kier molecular flexibility index (Phi) is 5.77. The topological polar surface area (TPSA) is 67.6 Å². The van der Waals surface area contributed by atoms with E-state index in [0.717, 1.165) is 28.3 Å². The molecule has 33 heavy (non-hydrogen) atoms. The van der Waals surface area contributed by atoms with Crippen molar-refractivity contribution in [2.45, 2.75) is 44.2 Å². The maximum absolute atomic E-state index is 13.4. The maximum atomic E-state index is 13.4. The molecule has 3 heterocycles. The Morgan fingerprint density at radius 1 is 1.18 bits per heavy atom. The van der Waals surface area contributed by atoms with Crippen LogP contribution in [0, 0.1) is 6.92 Å². The number of amides is 1. The molecule has 0 aliphatic carbocycles. The zero-order chi connectivity index (χ0) is 22.9. The second kappa shape index (κ2) is 8.87. The molecule has 0 radical (unpaired) electrons. The van der Waals surface area contributed by atoms with Gasteiger partial charge in [-0.05, 0) is 55.5 Å². The molecular formula is C27H29N3O3. The van der Waals surface area contributed by atoms with E-state index in [9.17, 15) is 9.90 Å². The predicted molar refractivity (Wildman–Crippen MR) is 127 cm³/mol. The first-order valence-electron chi connectivity index (χ1n) is 11.5. The lowest BCUT2D eigenvalue weighted by Crippen LogP contribution is -2.53. The molecule has 1 amide bonds. The molecule has 170 valence electrons. The van der Waals surface area contributed by atoms with Gasteiger partial charge in [-0.2, -0.15) is 0 Å². The van der Waals surface area contributed by atoms with Crippen LogP contribution in [-0.4, -0.2) is 51.3 Å². The quantitative estimate of drug-likeness (QED) is 0.616. The van der Waals surface area contributed by atoms with Crippen molar-refractivity contribution in [3.8, 4) is 11.4 Å². The number of ether oxygens (including phenoxy) is 1. The van der Waals surface area contributed by atoms with Crippen molar-refractivity contribution in [3.63, 3.8) is 0 Å². The second-order valence-corrected chi connectivity index (χ2v) is 8.99. The van der Waals surface area contributed by atoms with Crippen molar-refractivity contribution in [2.75, 3.05) is 13.7 Å². The number of hydrogen-bond acceptors (Lipinski definition) is 4. The molecular weight excluding hydrogens is 414 g/mol. The third-order valence-corrected chi connectivity index (χ3v) is 6.82. The fourth-order valence-corrected chi connectivity index (χ4v) is 5.17. The van der Waals surface area contributed by atoms with E-state index in [-0.39, 0.29) is 24.0 Å². The molecule has 6 nitrogen and oxygen atoms in total. The fraction of sp³-hybridized carbons (Fsp3) is 0.333. The first-order valence-corrected chi connectivity index (χ1v) is 11.5. The number of hydrogen-bond donors (Lipinski definition) is 1. The summed E-state index contributed by atoms with van der Waals surface area (Å²) < 4.78 is 7.59. The van der Waals surface area contributed by atoms with E-state index < -0.39 is 0 Å². The summed E-state index contributed by atoms with van der Waals surface area (Å²) in [6.07, 6.45) is 7.28. The first-order chi connectivity index (χ1) is 16.0. The molecule has 1 N–H and O–H groups in total. The molecule has 1 aromatic heterocycles. The van der Waals surface area contributed by atoms with Gasteiger partial charge in [0.25, 0.3) is 0 Å². The summed E-state index contributed by atoms with van der Waals surface area (Å²) in [5, 5.41) is 10.3. The van der Waals surface area contributed by atoms with Crippen LogP contribution in [0.2, 0.25) is 0 Å². The molecule has 6 heteroatoms. The van der Waals surface area contributed by atoms with Crippen molar-refractivity contribution < 1.29 is 14.6 Å². The molecule has 2 aliphatic rings. The fourth-order valence-electron chi connectivity index (χ4n) is 5.17. The average Bonchev–Trinajstić information content (AvgIpc) is 3.27. The molecule has 0 spiro atoms. The molecule has 2 fully saturated rings. The van der Waals surface area contributed by atoms with Crippen LogP contribution in [0.3, 0.4) is 0 Å². The van der Waals surface area contributed by atoms with Crippen LogP contribution in [0.1, 0.15) is 42.0 Å². The van der Waals surface area contributed by atoms with Gasteiger partial charge in [-0.1, -0.05) is 36.4 Å². The van der Waals surface area contributed by atoms with E-state index in [1.807, 2.05) is 65.1 Å². The summed E-state index contributed by atoms with van der Waals surface area (Å²) in [7, 11) is 1.65. The van der Waals surface area contributed by atoms with Gasteiger partial charge in [0.05, 0.1) is 30.9 Å². The molecule has 3 unspecified atom stereocenters. The summed E-state index contributed by atoms with van der Waals surface area (Å²) in [5.41, 5.74) is 4.78. The molecule has 0 bridgehead atoms. The minimum Gasteiger partial charge on any atom is -0.495 e. The van der Waals surface area contributed by atoms with E-state index in [1.54, 1.807) is 13.4 Å². The van der Waals surface area contributed by atoms with Gasteiger partial charge in [-0.25, -0.2) is 4.98 Å². The number of aliphatic hydroxyl groups is 1. The molecule has 3 atom stereocenters. The monoisotopic (exact) mass is 443 g/mol. The van der Waals surface area contributed by atoms with Crippen LogP contribution >= 0.6 is 0 Å². The summed E-state index contributed by atoms with van der Waals surface area (Å²) in [4.78, 5) is 19.7. The van der Waals surface area contributed by atoms with E-state index in [2.05, 4.69) is 17.1 Å². The highest BCUT2D eigenvalue weighted by Gasteiger charge is 2.42. The largest absolute Gasteiger partial charge is 0.495 e. The number of aromatic nitrogens is 2.